The van der Waals surface area contributed by atoms with Crippen LogP contribution in [0.25, 0.3) is 0 Å². The summed E-state index contributed by atoms with van der Waals surface area (Å²) in [5, 5.41) is 13.3. The molecule has 0 aliphatic carbocycles. The SMILES string of the molecule is COC(=O)C(C)C(C)NCC(C)(O)CC(C)C. The summed E-state index contributed by atoms with van der Waals surface area (Å²) in [5.41, 5.74) is -0.738. The Balaban J connectivity index is 4.14. The number of rotatable bonds is 7. The van der Waals surface area contributed by atoms with Gasteiger partial charge in [0.25, 0.3) is 0 Å². The van der Waals surface area contributed by atoms with Crippen molar-refractivity contribution in [2.24, 2.45) is 11.8 Å². The fraction of sp³-hybridized carbons (Fsp3) is 0.923. The van der Waals surface area contributed by atoms with Crippen molar-refractivity contribution in [3.05, 3.63) is 0 Å². The molecule has 0 saturated heterocycles. The van der Waals surface area contributed by atoms with Crippen LogP contribution in [0.15, 0.2) is 0 Å². The molecule has 0 bridgehead atoms. The zero-order valence-electron chi connectivity index (χ0n) is 11.9. The number of aliphatic hydroxyl groups is 1. The molecule has 0 fully saturated rings. The number of carbonyl (C=O) groups is 1. The van der Waals surface area contributed by atoms with E-state index in [0.29, 0.717) is 12.5 Å². The highest BCUT2D eigenvalue weighted by molar-refractivity contribution is 5.72. The third-order valence-corrected chi connectivity index (χ3v) is 2.98. The zero-order valence-corrected chi connectivity index (χ0v) is 11.9. The highest BCUT2D eigenvalue weighted by Crippen LogP contribution is 2.16. The van der Waals surface area contributed by atoms with Gasteiger partial charge in [-0.1, -0.05) is 20.8 Å². The molecule has 0 radical (unpaired) electrons. The van der Waals surface area contributed by atoms with E-state index >= 15 is 0 Å². The Morgan fingerprint density at radius 2 is 1.88 bits per heavy atom. The summed E-state index contributed by atoms with van der Waals surface area (Å²) in [6.07, 6.45) is 0.735. The molecule has 3 unspecified atom stereocenters. The maximum Gasteiger partial charge on any atom is 0.309 e. The van der Waals surface area contributed by atoms with E-state index < -0.39 is 5.60 Å². The summed E-state index contributed by atoms with van der Waals surface area (Å²) in [7, 11) is 1.39. The summed E-state index contributed by atoms with van der Waals surface area (Å²) >= 11 is 0. The van der Waals surface area contributed by atoms with Gasteiger partial charge in [-0.2, -0.15) is 0 Å². The van der Waals surface area contributed by atoms with Crippen molar-refractivity contribution >= 4 is 5.97 Å². The molecule has 0 aromatic rings. The van der Waals surface area contributed by atoms with Gasteiger partial charge >= 0.3 is 5.97 Å². The van der Waals surface area contributed by atoms with Crippen molar-refractivity contribution in [1.82, 2.24) is 5.32 Å². The van der Waals surface area contributed by atoms with Crippen molar-refractivity contribution in [3.8, 4) is 0 Å². The minimum atomic E-state index is -0.738. The lowest BCUT2D eigenvalue weighted by Gasteiger charge is -2.29. The average Bonchev–Trinajstić information content (AvgIpc) is 2.22. The molecule has 0 amide bonds. The second-order valence-corrected chi connectivity index (χ2v) is 5.58. The summed E-state index contributed by atoms with van der Waals surface area (Å²) < 4.78 is 4.69. The molecule has 0 aromatic carbocycles. The summed E-state index contributed by atoms with van der Waals surface area (Å²) in [6, 6.07) is -0.0129. The van der Waals surface area contributed by atoms with Crippen LogP contribution in [0.3, 0.4) is 0 Å². The van der Waals surface area contributed by atoms with Crippen LogP contribution < -0.4 is 5.32 Å². The zero-order chi connectivity index (χ0) is 13.6. The largest absolute Gasteiger partial charge is 0.469 e. The predicted molar refractivity (Wildman–Crippen MR) is 68.7 cm³/mol. The first-order valence-electron chi connectivity index (χ1n) is 6.23. The normalized spacial score (nSPS) is 18.6. The molecule has 0 rings (SSSR count). The number of methoxy groups -OCH3 is 1. The minimum absolute atomic E-state index is 0.0129. The van der Waals surface area contributed by atoms with E-state index in [4.69, 9.17) is 0 Å². The summed E-state index contributed by atoms with van der Waals surface area (Å²) in [5.74, 6) is 0.00323. The molecular weight excluding hydrogens is 218 g/mol. The van der Waals surface area contributed by atoms with E-state index in [-0.39, 0.29) is 17.9 Å². The topological polar surface area (TPSA) is 58.6 Å². The van der Waals surface area contributed by atoms with Gasteiger partial charge in [-0.25, -0.2) is 0 Å². The number of ether oxygens (including phenoxy) is 1. The van der Waals surface area contributed by atoms with E-state index in [9.17, 15) is 9.90 Å². The van der Waals surface area contributed by atoms with Crippen molar-refractivity contribution in [1.29, 1.82) is 0 Å². The van der Waals surface area contributed by atoms with Crippen LogP contribution in [0.5, 0.6) is 0 Å². The minimum Gasteiger partial charge on any atom is -0.469 e. The standard InChI is InChI=1S/C13H27NO3/c1-9(2)7-13(5,16)8-14-11(4)10(3)12(15)17-6/h9-11,14,16H,7-8H2,1-6H3. The molecule has 0 spiro atoms. The molecule has 0 aromatic heterocycles. The maximum atomic E-state index is 11.3. The second-order valence-electron chi connectivity index (χ2n) is 5.58. The van der Waals surface area contributed by atoms with Crippen LogP contribution in [-0.2, 0) is 9.53 Å². The molecule has 0 aliphatic heterocycles. The quantitative estimate of drug-likeness (QED) is 0.668. The monoisotopic (exact) mass is 245 g/mol. The van der Waals surface area contributed by atoms with Gasteiger partial charge in [-0.15, -0.1) is 0 Å². The fourth-order valence-electron chi connectivity index (χ4n) is 1.90. The molecule has 4 nitrogen and oxygen atoms in total. The lowest BCUT2D eigenvalue weighted by Crippen LogP contribution is -2.45. The van der Waals surface area contributed by atoms with E-state index in [1.165, 1.54) is 7.11 Å². The Bertz CT molecular complexity index is 239. The van der Waals surface area contributed by atoms with Gasteiger partial charge in [0.15, 0.2) is 0 Å². The molecule has 0 aliphatic rings. The van der Waals surface area contributed by atoms with Crippen LogP contribution in [0.1, 0.15) is 41.0 Å². The molecule has 3 atom stereocenters. The summed E-state index contributed by atoms with van der Waals surface area (Å²) in [4.78, 5) is 11.3. The Hall–Kier alpha value is -0.610. The van der Waals surface area contributed by atoms with Gasteiger partial charge in [0.05, 0.1) is 18.6 Å². The van der Waals surface area contributed by atoms with E-state index in [0.717, 1.165) is 6.42 Å². The molecule has 2 N–H and O–H groups in total. The van der Waals surface area contributed by atoms with Gasteiger partial charge in [-0.05, 0) is 26.2 Å². The van der Waals surface area contributed by atoms with Gasteiger partial charge < -0.3 is 15.2 Å². The van der Waals surface area contributed by atoms with Gasteiger partial charge in [-0.3, -0.25) is 4.79 Å². The number of esters is 1. The Morgan fingerprint density at radius 1 is 1.35 bits per heavy atom. The van der Waals surface area contributed by atoms with Gasteiger partial charge in [0.2, 0.25) is 0 Å². The van der Waals surface area contributed by atoms with Crippen LogP contribution in [0.4, 0.5) is 0 Å². The van der Waals surface area contributed by atoms with Crippen LogP contribution in [-0.4, -0.2) is 36.4 Å². The number of carbonyl (C=O) groups excluding carboxylic acids is 1. The third-order valence-electron chi connectivity index (χ3n) is 2.98. The summed E-state index contributed by atoms with van der Waals surface area (Å²) in [6.45, 7) is 10.2. The highest BCUT2D eigenvalue weighted by Gasteiger charge is 2.25. The van der Waals surface area contributed by atoms with Gasteiger partial charge in [0.1, 0.15) is 0 Å². The van der Waals surface area contributed by atoms with Crippen LogP contribution in [0.2, 0.25) is 0 Å². The van der Waals surface area contributed by atoms with Crippen LogP contribution in [0, 0.1) is 11.8 Å². The van der Waals surface area contributed by atoms with Crippen molar-refractivity contribution < 1.29 is 14.6 Å². The molecule has 0 saturated carbocycles. The maximum absolute atomic E-state index is 11.3. The Morgan fingerprint density at radius 3 is 2.29 bits per heavy atom. The highest BCUT2D eigenvalue weighted by atomic mass is 16.5. The molecule has 4 heteroatoms. The Kier molecular flexibility index (Phi) is 6.72. The third kappa shape index (κ3) is 6.64. The van der Waals surface area contributed by atoms with Gasteiger partial charge in [0, 0.05) is 12.6 Å². The van der Waals surface area contributed by atoms with Crippen LogP contribution >= 0.6 is 0 Å². The lowest BCUT2D eigenvalue weighted by atomic mass is 9.93. The van der Waals surface area contributed by atoms with Crippen molar-refractivity contribution in [2.75, 3.05) is 13.7 Å². The average molecular weight is 245 g/mol. The molecule has 0 heterocycles. The smallest absolute Gasteiger partial charge is 0.309 e. The Labute approximate surface area is 105 Å². The first kappa shape index (κ1) is 16.4. The van der Waals surface area contributed by atoms with E-state index in [2.05, 4.69) is 23.9 Å². The predicted octanol–water partition coefficient (Wildman–Crippen LogP) is 1.57. The second kappa shape index (κ2) is 6.97. The van der Waals surface area contributed by atoms with Crippen molar-refractivity contribution in [3.63, 3.8) is 0 Å². The molecular formula is C13H27NO3. The molecule has 102 valence electrons. The fourth-order valence-corrected chi connectivity index (χ4v) is 1.90. The first-order chi connectivity index (χ1) is 7.69. The lowest BCUT2D eigenvalue weighted by molar-refractivity contribution is -0.145. The first-order valence-corrected chi connectivity index (χ1v) is 6.23. The number of hydrogen-bond donors (Lipinski definition) is 2. The number of hydrogen-bond acceptors (Lipinski definition) is 4. The molecule has 17 heavy (non-hydrogen) atoms. The number of nitrogens with one attached hydrogen (secondary N) is 1. The van der Waals surface area contributed by atoms with Crippen molar-refractivity contribution in [2.45, 2.75) is 52.7 Å². The van der Waals surface area contributed by atoms with E-state index in [1.54, 1.807) is 0 Å². The van der Waals surface area contributed by atoms with E-state index in [1.807, 2.05) is 20.8 Å².